The number of pyridine rings is 1. The van der Waals surface area contributed by atoms with Crippen molar-refractivity contribution in [3.05, 3.63) is 119 Å². The van der Waals surface area contributed by atoms with E-state index in [1.54, 1.807) is 42.6 Å². The fourth-order valence-electron chi connectivity index (χ4n) is 4.40. The zero-order valence-electron chi connectivity index (χ0n) is 21.6. The van der Waals surface area contributed by atoms with Crippen LogP contribution in [0.5, 0.6) is 0 Å². The molecule has 2 heterocycles. The van der Waals surface area contributed by atoms with Crippen molar-refractivity contribution < 1.29 is 28.7 Å². The van der Waals surface area contributed by atoms with Gasteiger partial charge in [0.15, 0.2) is 0 Å². The van der Waals surface area contributed by atoms with Crippen LogP contribution in [-0.4, -0.2) is 44.3 Å². The molecule has 2 N–H and O–H groups in total. The Hall–Kier alpha value is -5.16. The van der Waals surface area contributed by atoms with Gasteiger partial charge in [0.2, 0.25) is 17.8 Å². The van der Waals surface area contributed by atoms with Crippen LogP contribution in [0.4, 0.5) is 10.1 Å². The summed E-state index contributed by atoms with van der Waals surface area (Å²) < 4.78 is 16.6. The summed E-state index contributed by atoms with van der Waals surface area (Å²) in [6, 6.07) is 20.6. The molecule has 0 saturated heterocycles. The molecule has 0 spiro atoms. The number of rotatable bonds is 9. The molecule has 41 heavy (non-hydrogen) atoms. The molecular formula is C29H23ClFN6O4+. The molecule has 0 unspecified atom stereocenters. The van der Waals surface area contributed by atoms with Crippen LogP contribution in [0.15, 0.2) is 91.4 Å². The van der Waals surface area contributed by atoms with Crippen molar-refractivity contribution >= 4 is 29.2 Å². The van der Waals surface area contributed by atoms with Gasteiger partial charge in [0.05, 0.1) is 16.8 Å². The van der Waals surface area contributed by atoms with Crippen molar-refractivity contribution in [2.75, 3.05) is 12.4 Å². The number of nitrogens with zero attached hydrogens (tertiary/aromatic N) is 5. The Morgan fingerprint density at radius 3 is 2.49 bits per heavy atom. The van der Waals surface area contributed by atoms with Gasteiger partial charge in [-0.1, -0.05) is 23.7 Å². The first-order valence-electron chi connectivity index (χ1n) is 12.3. The van der Waals surface area contributed by atoms with Gasteiger partial charge in [0.1, 0.15) is 25.2 Å². The maximum atomic E-state index is 13.7. The summed E-state index contributed by atoms with van der Waals surface area (Å²) in [4.78, 5) is 30.6. The summed E-state index contributed by atoms with van der Waals surface area (Å²) in [5, 5.41) is 23.9. The second kappa shape index (κ2) is 11.9. The minimum atomic E-state index is -1.07. The Morgan fingerprint density at radius 1 is 1.07 bits per heavy atom. The molecule has 206 valence electrons. The first-order chi connectivity index (χ1) is 19.8. The predicted octanol–water partition coefficient (Wildman–Crippen LogP) is 4.13. The van der Waals surface area contributed by atoms with Crippen molar-refractivity contribution in [2.45, 2.75) is 12.3 Å². The SMILES string of the molecule is CO[n+]1cc(-c2cc(Cl)ccc2-n2cnnn2)ccc1[C@H](Cc1ccc(F)cc1)C(=O)Nc1ccc(C(=O)O)cc1. The minimum Gasteiger partial charge on any atom is -0.478 e. The van der Waals surface area contributed by atoms with Crippen LogP contribution in [0.1, 0.15) is 27.5 Å². The van der Waals surface area contributed by atoms with Gasteiger partial charge < -0.3 is 10.4 Å². The lowest BCUT2D eigenvalue weighted by atomic mass is 9.93. The number of anilines is 1. The Kier molecular flexibility index (Phi) is 7.97. The molecule has 0 fully saturated rings. The third-order valence-electron chi connectivity index (χ3n) is 6.43. The molecule has 0 aliphatic heterocycles. The normalized spacial score (nSPS) is 11.6. The molecular weight excluding hydrogens is 551 g/mol. The molecule has 5 aromatic rings. The van der Waals surface area contributed by atoms with E-state index in [4.69, 9.17) is 16.4 Å². The van der Waals surface area contributed by atoms with Crippen molar-refractivity contribution in [2.24, 2.45) is 0 Å². The summed E-state index contributed by atoms with van der Waals surface area (Å²) in [5.74, 6) is -2.59. The van der Waals surface area contributed by atoms with Crippen LogP contribution in [-0.2, 0) is 11.2 Å². The standard InChI is InChI=1S/C29H22ClFN6O4/c1-41-37-16-20(24-15-21(30)7-13-26(24)36-17-32-34-35-36)6-12-27(37)25(14-18-2-8-22(31)9-3-18)28(38)33-23-10-4-19(5-11-23)29(39)40/h2-13,15-17,25H,14H2,1H3,(H-,33,38,39,40)/p+1/t25-/m0/s1. The van der Waals surface area contributed by atoms with E-state index in [0.717, 1.165) is 11.1 Å². The number of aromatic nitrogens is 5. The van der Waals surface area contributed by atoms with Crippen LogP contribution in [0.25, 0.3) is 16.8 Å². The topological polar surface area (TPSA) is 123 Å². The Balaban J connectivity index is 1.53. The van der Waals surface area contributed by atoms with Crippen LogP contribution in [0.2, 0.25) is 5.02 Å². The predicted molar refractivity (Wildman–Crippen MR) is 147 cm³/mol. The highest BCUT2D eigenvalue weighted by atomic mass is 35.5. The van der Waals surface area contributed by atoms with Crippen molar-refractivity contribution in [3.8, 4) is 16.8 Å². The fraction of sp³-hybridized carbons (Fsp3) is 0.103. The highest BCUT2D eigenvalue weighted by molar-refractivity contribution is 6.31. The van der Waals surface area contributed by atoms with Crippen LogP contribution in [0.3, 0.4) is 0 Å². The Morgan fingerprint density at radius 2 is 1.83 bits per heavy atom. The number of halogens is 2. The number of nitrogens with one attached hydrogen (secondary N) is 1. The van der Waals surface area contributed by atoms with E-state index in [2.05, 4.69) is 20.8 Å². The maximum absolute atomic E-state index is 13.7. The van der Waals surface area contributed by atoms with Crippen LogP contribution in [0, 0.1) is 5.82 Å². The fourth-order valence-corrected chi connectivity index (χ4v) is 4.58. The van der Waals surface area contributed by atoms with Gasteiger partial charge in [-0.15, -0.1) is 5.10 Å². The molecule has 0 radical (unpaired) electrons. The van der Waals surface area contributed by atoms with E-state index in [-0.39, 0.29) is 23.7 Å². The Bertz CT molecular complexity index is 1700. The number of hydrogen-bond donors (Lipinski definition) is 2. The molecule has 0 aliphatic rings. The molecule has 2 aromatic heterocycles. The average molecular weight is 574 g/mol. The van der Waals surface area contributed by atoms with Gasteiger partial charge in [0.25, 0.3) is 0 Å². The van der Waals surface area contributed by atoms with Gasteiger partial charge in [-0.2, -0.15) is 4.68 Å². The largest absolute Gasteiger partial charge is 0.478 e. The van der Waals surface area contributed by atoms with Gasteiger partial charge in [0, 0.05) is 27.1 Å². The number of tetrazole rings is 1. The number of amides is 1. The molecule has 1 amide bonds. The van der Waals surface area contributed by atoms with E-state index in [0.29, 0.717) is 27.7 Å². The zero-order valence-corrected chi connectivity index (χ0v) is 22.4. The smallest absolute Gasteiger partial charge is 0.335 e. The lowest BCUT2D eigenvalue weighted by Crippen LogP contribution is -2.47. The maximum Gasteiger partial charge on any atom is 0.335 e. The highest BCUT2D eigenvalue weighted by Crippen LogP contribution is 2.30. The van der Waals surface area contributed by atoms with E-state index in [1.165, 1.54) is 59.2 Å². The molecule has 1 atom stereocenters. The van der Waals surface area contributed by atoms with Crippen molar-refractivity contribution in [1.29, 1.82) is 0 Å². The van der Waals surface area contributed by atoms with Crippen molar-refractivity contribution in [1.82, 2.24) is 20.2 Å². The van der Waals surface area contributed by atoms with Gasteiger partial charge in [-0.05, 0) is 83.1 Å². The summed E-state index contributed by atoms with van der Waals surface area (Å²) in [6.07, 6.45) is 3.42. The number of carboxylic acid groups (broad SMARTS) is 1. The lowest BCUT2D eigenvalue weighted by Gasteiger charge is -2.16. The summed E-state index contributed by atoms with van der Waals surface area (Å²) in [7, 11) is 1.48. The van der Waals surface area contributed by atoms with E-state index >= 15 is 0 Å². The summed E-state index contributed by atoms with van der Waals surface area (Å²) in [6.45, 7) is 0. The lowest BCUT2D eigenvalue weighted by molar-refractivity contribution is -0.890. The van der Waals surface area contributed by atoms with Crippen molar-refractivity contribution in [3.63, 3.8) is 0 Å². The number of benzene rings is 3. The number of carbonyl (C=O) groups is 2. The monoisotopic (exact) mass is 573 g/mol. The second-order valence-electron chi connectivity index (χ2n) is 9.02. The van der Waals surface area contributed by atoms with E-state index < -0.39 is 11.9 Å². The molecule has 12 heteroatoms. The summed E-state index contributed by atoms with van der Waals surface area (Å²) in [5.41, 5.74) is 3.89. The first-order valence-corrected chi connectivity index (χ1v) is 12.7. The molecule has 0 saturated carbocycles. The number of carboxylic acids is 1. The van der Waals surface area contributed by atoms with E-state index in [9.17, 15) is 19.1 Å². The highest BCUT2D eigenvalue weighted by Gasteiger charge is 2.32. The van der Waals surface area contributed by atoms with E-state index in [1.807, 2.05) is 6.07 Å². The molecule has 0 bridgehead atoms. The Labute approximate surface area is 238 Å². The minimum absolute atomic E-state index is 0.0979. The number of carbonyl (C=O) groups excluding carboxylic acids is 1. The molecule has 10 nitrogen and oxygen atoms in total. The number of aromatic carboxylic acids is 1. The van der Waals surface area contributed by atoms with Gasteiger partial charge >= 0.3 is 5.97 Å². The third-order valence-corrected chi connectivity index (χ3v) is 6.67. The van der Waals surface area contributed by atoms with Gasteiger partial charge in [-0.3, -0.25) is 9.63 Å². The first kappa shape index (κ1) is 27.4. The van der Waals surface area contributed by atoms with Crippen LogP contribution < -0.4 is 14.9 Å². The number of hydrogen-bond acceptors (Lipinski definition) is 6. The second-order valence-corrected chi connectivity index (χ2v) is 9.46. The third kappa shape index (κ3) is 6.20. The molecule has 0 aliphatic carbocycles. The quantitative estimate of drug-likeness (QED) is 0.254. The average Bonchev–Trinajstić information content (AvgIpc) is 3.52. The van der Waals surface area contributed by atoms with Crippen LogP contribution >= 0.6 is 11.6 Å². The summed E-state index contributed by atoms with van der Waals surface area (Å²) >= 11 is 6.32. The zero-order chi connectivity index (χ0) is 28.9. The molecule has 3 aromatic carbocycles. The molecule has 5 rings (SSSR count). The van der Waals surface area contributed by atoms with Gasteiger partial charge in [-0.25, -0.2) is 9.18 Å².